The summed E-state index contributed by atoms with van der Waals surface area (Å²) >= 11 is 0. The predicted molar refractivity (Wildman–Crippen MR) is 107 cm³/mol. The molecule has 2 saturated heterocycles. The van der Waals surface area contributed by atoms with Gasteiger partial charge in [-0.25, -0.2) is 0 Å². The Hall–Kier alpha value is -1.22. The molecule has 3 heterocycles. The summed E-state index contributed by atoms with van der Waals surface area (Å²) in [5.41, 5.74) is 1.14. The summed E-state index contributed by atoms with van der Waals surface area (Å²) < 4.78 is 17.3. The first kappa shape index (κ1) is 18.6. The minimum absolute atomic E-state index is 0. The van der Waals surface area contributed by atoms with Crippen molar-refractivity contribution >= 4 is 29.9 Å². The Morgan fingerprint density at radius 2 is 2.04 bits per heavy atom. The monoisotopic (exact) mass is 459 g/mol. The number of aliphatic imine (C=N–C) groups is 1. The SMILES string of the molecule is CN=C(NCc1ccc2c(c1)OCCCO2)NC1CC2CCC1O2.I. The first-order chi connectivity index (χ1) is 11.8. The number of halogens is 1. The normalized spacial score (nSPS) is 27.4. The third-order valence-corrected chi connectivity index (χ3v) is 4.92. The van der Waals surface area contributed by atoms with Crippen molar-refractivity contribution in [2.75, 3.05) is 20.3 Å². The highest BCUT2D eigenvalue weighted by atomic mass is 127. The molecule has 138 valence electrons. The fourth-order valence-electron chi connectivity index (χ4n) is 3.66. The van der Waals surface area contributed by atoms with E-state index in [1.807, 2.05) is 12.1 Å². The average Bonchev–Trinajstić information content (AvgIpc) is 3.14. The van der Waals surface area contributed by atoms with Crippen LogP contribution in [0, 0.1) is 0 Å². The Bertz CT molecular complexity index is 626. The second kappa shape index (κ2) is 8.44. The van der Waals surface area contributed by atoms with Gasteiger partial charge in [0.05, 0.1) is 31.5 Å². The van der Waals surface area contributed by atoms with Crippen LogP contribution in [0.3, 0.4) is 0 Å². The van der Waals surface area contributed by atoms with Gasteiger partial charge in [-0.3, -0.25) is 4.99 Å². The minimum atomic E-state index is 0. The largest absolute Gasteiger partial charge is 0.490 e. The van der Waals surface area contributed by atoms with E-state index in [0.29, 0.717) is 38.0 Å². The van der Waals surface area contributed by atoms with Gasteiger partial charge >= 0.3 is 0 Å². The molecule has 0 aromatic heterocycles. The number of benzene rings is 1. The number of fused-ring (bicyclic) bond motifs is 3. The molecule has 6 nitrogen and oxygen atoms in total. The molecular weight excluding hydrogens is 433 g/mol. The zero-order valence-electron chi connectivity index (χ0n) is 14.5. The van der Waals surface area contributed by atoms with Crippen molar-refractivity contribution in [3.8, 4) is 11.5 Å². The zero-order valence-corrected chi connectivity index (χ0v) is 16.8. The summed E-state index contributed by atoms with van der Waals surface area (Å²) in [4.78, 5) is 4.34. The molecule has 0 amide bonds. The Morgan fingerprint density at radius 3 is 2.76 bits per heavy atom. The highest BCUT2D eigenvalue weighted by Crippen LogP contribution is 2.34. The van der Waals surface area contributed by atoms with Crippen LogP contribution in [0.1, 0.15) is 31.2 Å². The maximum atomic E-state index is 5.89. The van der Waals surface area contributed by atoms with E-state index in [4.69, 9.17) is 14.2 Å². The van der Waals surface area contributed by atoms with Crippen molar-refractivity contribution in [1.29, 1.82) is 0 Å². The van der Waals surface area contributed by atoms with Crippen LogP contribution in [0.25, 0.3) is 0 Å². The van der Waals surface area contributed by atoms with E-state index in [-0.39, 0.29) is 24.0 Å². The Balaban J connectivity index is 0.00000182. The number of hydrogen-bond acceptors (Lipinski definition) is 4. The average molecular weight is 459 g/mol. The van der Waals surface area contributed by atoms with E-state index in [9.17, 15) is 0 Å². The van der Waals surface area contributed by atoms with Gasteiger partial charge in [0.25, 0.3) is 0 Å². The van der Waals surface area contributed by atoms with Crippen molar-refractivity contribution in [2.24, 2.45) is 4.99 Å². The number of rotatable bonds is 3. The van der Waals surface area contributed by atoms with Crippen LogP contribution >= 0.6 is 24.0 Å². The first-order valence-corrected chi connectivity index (χ1v) is 8.83. The minimum Gasteiger partial charge on any atom is -0.490 e. The number of guanidine groups is 1. The maximum absolute atomic E-state index is 5.89. The lowest BCUT2D eigenvalue weighted by atomic mass is 9.96. The summed E-state index contributed by atoms with van der Waals surface area (Å²) in [6.45, 7) is 2.11. The molecule has 3 atom stereocenters. The maximum Gasteiger partial charge on any atom is 0.191 e. The Morgan fingerprint density at radius 1 is 1.20 bits per heavy atom. The van der Waals surface area contributed by atoms with Crippen LogP contribution in [0.2, 0.25) is 0 Å². The third kappa shape index (κ3) is 4.31. The van der Waals surface area contributed by atoms with Gasteiger partial charge in [-0.15, -0.1) is 24.0 Å². The fraction of sp³-hybridized carbons (Fsp3) is 0.611. The quantitative estimate of drug-likeness (QED) is 0.413. The number of nitrogens with one attached hydrogen (secondary N) is 2. The summed E-state index contributed by atoms with van der Waals surface area (Å²) in [5, 5.41) is 6.88. The molecule has 3 unspecified atom stereocenters. The molecule has 0 aliphatic carbocycles. The number of hydrogen-bond donors (Lipinski definition) is 2. The van der Waals surface area contributed by atoms with E-state index in [0.717, 1.165) is 42.3 Å². The highest BCUT2D eigenvalue weighted by molar-refractivity contribution is 14.0. The highest BCUT2D eigenvalue weighted by Gasteiger charge is 2.41. The molecular formula is C18H26IN3O3. The van der Waals surface area contributed by atoms with Crippen LogP contribution in [-0.4, -0.2) is 44.5 Å². The van der Waals surface area contributed by atoms with Gasteiger partial charge in [-0.1, -0.05) is 6.07 Å². The lowest BCUT2D eigenvalue weighted by Crippen LogP contribution is -2.47. The molecule has 1 aromatic carbocycles. The van der Waals surface area contributed by atoms with Crippen molar-refractivity contribution in [1.82, 2.24) is 10.6 Å². The van der Waals surface area contributed by atoms with Gasteiger partial charge in [0.15, 0.2) is 17.5 Å². The van der Waals surface area contributed by atoms with Crippen LogP contribution in [0.15, 0.2) is 23.2 Å². The molecule has 0 saturated carbocycles. The van der Waals surface area contributed by atoms with E-state index in [1.165, 1.54) is 6.42 Å². The van der Waals surface area contributed by atoms with Gasteiger partial charge in [0, 0.05) is 20.0 Å². The smallest absolute Gasteiger partial charge is 0.191 e. The van der Waals surface area contributed by atoms with Crippen molar-refractivity contribution < 1.29 is 14.2 Å². The van der Waals surface area contributed by atoms with Crippen molar-refractivity contribution in [3.05, 3.63) is 23.8 Å². The third-order valence-electron chi connectivity index (χ3n) is 4.92. The summed E-state index contributed by atoms with van der Waals surface area (Å²) in [6.07, 6.45) is 5.13. The predicted octanol–water partition coefficient (Wildman–Crippen LogP) is 2.45. The summed E-state index contributed by atoms with van der Waals surface area (Å²) in [5.74, 6) is 2.48. The van der Waals surface area contributed by atoms with E-state index < -0.39 is 0 Å². The molecule has 7 heteroatoms. The van der Waals surface area contributed by atoms with E-state index in [1.54, 1.807) is 7.05 Å². The molecule has 0 spiro atoms. The summed E-state index contributed by atoms with van der Waals surface area (Å²) in [6, 6.07) is 6.46. The standard InChI is InChI=1S/C18H25N3O3.HI/c1-19-18(21-14-10-13-4-6-15(14)24-13)20-11-12-3-5-16-17(9-12)23-8-2-7-22-16;/h3,5,9,13-15H,2,4,6-8,10-11H2,1H3,(H2,19,20,21);1H. The molecule has 3 aliphatic heterocycles. The molecule has 2 bridgehead atoms. The van der Waals surface area contributed by atoms with Gasteiger partial charge in [0.2, 0.25) is 0 Å². The van der Waals surface area contributed by atoms with Crippen molar-refractivity contribution in [2.45, 2.75) is 50.5 Å². The molecule has 2 fully saturated rings. The lowest BCUT2D eigenvalue weighted by molar-refractivity contribution is 0.0992. The molecule has 4 rings (SSSR count). The van der Waals surface area contributed by atoms with Crippen LogP contribution < -0.4 is 20.1 Å². The topological polar surface area (TPSA) is 64.1 Å². The fourth-order valence-corrected chi connectivity index (χ4v) is 3.66. The molecule has 2 N–H and O–H groups in total. The second-order valence-corrected chi connectivity index (χ2v) is 6.62. The van der Waals surface area contributed by atoms with Crippen molar-refractivity contribution in [3.63, 3.8) is 0 Å². The van der Waals surface area contributed by atoms with Gasteiger partial charge in [-0.05, 0) is 37.0 Å². The molecule has 3 aliphatic rings. The van der Waals surface area contributed by atoms with E-state index >= 15 is 0 Å². The van der Waals surface area contributed by atoms with Gasteiger partial charge < -0.3 is 24.8 Å². The molecule has 1 aromatic rings. The van der Waals surface area contributed by atoms with E-state index in [2.05, 4.69) is 21.7 Å². The number of ether oxygens (including phenoxy) is 3. The molecule has 0 radical (unpaired) electrons. The van der Waals surface area contributed by atoms with Crippen LogP contribution in [0.4, 0.5) is 0 Å². The van der Waals surface area contributed by atoms with Gasteiger partial charge in [0.1, 0.15) is 0 Å². The first-order valence-electron chi connectivity index (χ1n) is 8.83. The van der Waals surface area contributed by atoms with Gasteiger partial charge in [-0.2, -0.15) is 0 Å². The Labute approximate surface area is 165 Å². The van der Waals surface area contributed by atoms with Crippen LogP contribution in [0.5, 0.6) is 11.5 Å². The van der Waals surface area contributed by atoms with Crippen LogP contribution in [-0.2, 0) is 11.3 Å². The summed E-state index contributed by atoms with van der Waals surface area (Å²) in [7, 11) is 1.80. The lowest BCUT2D eigenvalue weighted by Gasteiger charge is -2.22. The zero-order chi connectivity index (χ0) is 16.4. The Kier molecular flexibility index (Phi) is 6.27. The molecule has 25 heavy (non-hydrogen) atoms. The number of nitrogens with zero attached hydrogens (tertiary/aromatic N) is 1. The second-order valence-electron chi connectivity index (χ2n) is 6.62.